The fourth-order valence-corrected chi connectivity index (χ4v) is 1.44. The third-order valence-corrected chi connectivity index (χ3v) is 2.53. The number of aryl methyl sites for hydroxylation is 3. The van der Waals surface area contributed by atoms with Crippen LogP contribution in [-0.4, -0.2) is 11.1 Å². The lowest BCUT2D eigenvalue weighted by molar-refractivity contribution is -0.132. The number of carbonyl (C=O) groups is 1. The van der Waals surface area contributed by atoms with E-state index in [2.05, 4.69) is 0 Å². The average Bonchev–Trinajstić information content (AvgIpc) is 2.21. The Morgan fingerprint density at radius 2 is 1.81 bits per heavy atom. The molecule has 0 amide bonds. The summed E-state index contributed by atoms with van der Waals surface area (Å²) in [6.45, 7) is 5.85. The van der Waals surface area contributed by atoms with E-state index in [0.29, 0.717) is 0 Å². The Morgan fingerprint density at radius 1 is 1.25 bits per heavy atom. The van der Waals surface area contributed by atoms with Gasteiger partial charge in [0.15, 0.2) is 0 Å². The summed E-state index contributed by atoms with van der Waals surface area (Å²) in [4.78, 5) is 10.7. The van der Waals surface area contributed by atoms with Gasteiger partial charge in [-0.25, -0.2) is 4.79 Å². The van der Waals surface area contributed by atoms with E-state index >= 15 is 0 Å². The van der Waals surface area contributed by atoms with Crippen molar-refractivity contribution in [1.29, 1.82) is 5.26 Å². The van der Waals surface area contributed by atoms with Crippen LogP contribution < -0.4 is 0 Å². The van der Waals surface area contributed by atoms with Crippen LogP contribution in [0.2, 0.25) is 0 Å². The van der Waals surface area contributed by atoms with Crippen LogP contribution in [0.15, 0.2) is 17.7 Å². The van der Waals surface area contributed by atoms with Crippen LogP contribution in [0.4, 0.5) is 0 Å². The number of hydrogen-bond acceptors (Lipinski definition) is 2. The van der Waals surface area contributed by atoms with E-state index in [-0.39, 0.29) is 5.57 Å². The van der Waals surface area contributed by atoms with Crippen molar-refractivity contribution >= 4 is 12.0 Å². The van der Waals surface area contributed by atoms with E-state index in [0.717, 1.165) is 22.3 Å². The molecule has 1 rings (SSSR count). The van der Waals surface area contributed by atoms with Crippen LogP contribution >= 0.6 is 0 Å². The van der Waals surface area contributed by atoms with E-state index in [9.17, 15) is 4.79 Å². The Balaban J connectivity index is 3.31. The zero-order valence-corrected chi connectivity index (χ0v) is 9.53. The first kappa shape index (κ1) is 12.0. The van der Waals surface area contributed by atoms with Gasteiger partial charge in [0.2, 0.25) is 0 Å². The molecule has 0 saturated heterocycles. The van der Waals surface area contributed by atoms with E-state index in [4.69, 9.17) is 10.4 Å². The number of carboxylic acids is 1. The van der Waals surface area contributed by atoms with Gasteiger partial charge in [-0.3, -0.25) is 0 Å². The highest BCUT2D eigenvalue weighted by atomic mass is 16.4. The second kappa shape index (κ2) is 4.63. The van der Waals surface area contributed by atoms with Crippen molar-refractivity contribution in [1.82, 2.24) is 0 Å². The fourth-order valence-electron chi connectivity index (χ4n) is 1.44. The minimum atomic E-state index is -1.19. The summed E-state index contributed by atoms with van der Waals surface area (Å²) in [6.07, 6.45) is 1.41. The summed E-state index contributed by atoms with van der Waals surface area (Å²) in [5.74, 6) is -1.19. The van der Waals surface area contributed by atoms with Crippen LogP contribution in [0.5, 0.6) is 0 Å². The predicted molar refractivity (Wildman–Crippen MR) is 61.9 cm³/mol. The summed E-state index contributed by atoms with van der Waals surface area (Å²) in [5, 5.41) is 17.4. The number of carboxylic acid groups (broad SMARTS) is 1. The molecule has 0 radical (unpaired) electrons. The van der Waals surface area contributed by atoms with Crippen LogP contribution in [0.3, 0.4) is 0 Å². The molecule has 1 aromatic carbocycles. The van der Waals surface area contributed by atoms with Crippen molar-refractivity contribution in [3.8, 4) is 6.07 Å². The molecule has 0 aliphatic heterocycles. The van der Waals surface area contributed by atoms with Gasteiger partial charge in [-0.15, -0.1) is 0 Å². The minimum absolute atomic E-state index is 0.244. The maximum Gasteiger partial charge on any atom is 0.346 e. The van der Waals surface area contributed by atoms with Gasteiger partial charge in [0.1, 0.15) is 11.6 Å². The number of hydrogen-bond donors (Lipinski definition) is 1. The Hall–Kier alpha value is -2.08. The van der Waals surface area contributed by atoms with E-state index in [1.807, 2.05) is 32.9 Å². The topological polar surface area (TPSA) is 61.1 Å². The Bertz CT molecular complexity index is 507. The summed E-state index contributed by atoms with van der Waals surface area (Å²) in [7, 11) is 0. The third kappa shape index (κ3) is 2.48. The van der Waals surface area contributed by atoms with E-state index in [1.54, 1.807) is 6.07 Å². The Morgan fingerprint density at radius 3 is 2.31 bits per heavy atom. The van der Waals surface area contributed by atoms with Crippen LogP contribution in [0.1, 0.15) is 22.3 Å². The van der Waals surface area contributed by atoms with Crippen LogP contribution in [-0.2, 0) is 4.79 Å². The quantitative estimate of drug-likeness (QED) is 0.609. The molecule has 0 bridgehead atoms. The zero-order chi connectivity index (χ0) is 12.3. The molecular weight excluding hydrogens is 202 g/mol. The standard InChI is InChI=1S/C13H13NO2/c1-8-4-10(3)11(5-9(8)2)6-12(7-14)13(15)16/h4-6H,1-3H3,(H,15,16)/b12-6+. The molecule has 0 unspecified atom stereocenters. The summed E-state index contributed by atoms with van der Waals surface area (Å²) in [5.41, 5.74) is 3.74. The maximum atomic E-state index is 10.7. The molecule has 0 atom stereocenters. The molecular formula is C13H13NO2. The summed E-state index contributed by atoms with van der Waals surface area (Å²) < 4.78 is 0. The summed E-state index contributed by atoms with van der Waals surface area (Å²) in [6, 6.07) is 5.55. The maximum absolute atomic E-state index is 10.7. The van der Waals surface area contributed by atoms with Gasteiger partial charge in [0, 0.05) is 0 Å². The third-order valence-electron chi connectivity index (χ3n) is 2.53. The van der Waals surface area contributed by atoms with Crippen LogP contribution in [0.25, 0.3) is 6.08 Å². The fraction of sp³-hybridized carbons (Fsp3) is 0.231. The molecule has 1 aromatic rings. The van der Waals surface area contributed by atoms with Crippen molar-refractivity contribution in [2.24, 2.45) is 0 Å². The van der Waals surface area contributed by atoms with Gasteiger partial charge in [0.05, 0.1) is 0 Å². The first-order valence-corrected chi connectivity index (χ1v) is 4.88. The van der Waals surface area contributed by atoms with Gasteiger partial charge >= 0.3 is 5.97 Å². The van der Waals surface area contributed by atoms with Gasteiger partial charge in [-0.05, 0) is 49.1 Å². The molecule has 0 aliphatic carbocycles. The minimum Gasteiger partial charge on any atom is -0.477 e. The van der Waals surface area contributed by atoms with E-state index < -0.39 is 5.97 Å². The number of benzene rings is 1. The molecule has 16 heavy (non-hydrogen) atoms. The highest BCUT2D eigenvalue weighted by Gasteiger charge is 2.07. The SMILES string of the molecule is Cc1cc(C)c(/C=C(\C#N)C(=O)O)cc1C. The van der Waals surface area contributed by atoms with E-state index in [1.165, 1.54) is 6.08 Å². The van der Waals surface area contributed by atoms with Crippen molar-refractivity contribution in [2.75, 3.05) is 0 Å². The molecule has 3 nitrogen and oxygen atoms in total. The Kier molecular flexibility index (Phi) is 3.47. The second-order valence-electron chi connectivity index (χ2n) is 3.77. The Labute approximate surface area is 94.6 Å². The lowest BCUT2D eigenvalue weighted by Gasteiger charge is -2.06. The molecule has 3 heteroatoms. The van der Waals surface area contributed by atoms with Crippen molar-refractivity contribution in [3.63, 3.8) is 0 Å². The molecule has 0 saturated carbocycles. The lowest BCUT2D eigenvalue weighted by Crippen LogP contribution is -1.98. The molecule has 0 spiro atoms. The van der Waals surface area contributed by atoms with Crippen molar-refractivity contribution in [2.45, 2.75) is 20.8 Å². The molecule has 0 aliphatic rings. The highest BCUT2D eigenvalue weighted by Crippen LogP contribution is 2.18. The van der Waals surface area contributed by atoms with Gasteiger partial charge in [-0.2, -0.15) is 5.26 Å². The van der Waals surface area contributed by atoms with Gasteiger partial charge < -0.3 is 5.11 Å². The smallest absolute Gasteiger partial charge is 0.346 e. The molecule has 0 heterocycles. The lowest BCUT2D eigenvalue weighted by atomic mass is 9.99. The molecule has 0 fully saturated rings. The van der Waals surface area contributed by atoms with Gasteiger partial charge in [0.25, 0.3) is 0 Å². The highest BCUT2D eigenvalue weighted by molar-refractivity contribution is 5.96. The number of aliphatic carboxylic acids is 1. The monoisotopic (exact) mass is 215 g/mol. The number of nitriles is 1. The predicted octanol–water partition coefficient (Wildman–Crippen LogP) is 2.60. The van der Waals surface area contributed by atoms with Crippen molar-refractivity contribution < 1.29 is 9.90 Å². The van der Waals surface area contributed by atoms with Crippen LogP contribution in [0, 0.1) is 32.1 Å². The zero-order valence-electron chi connectivity index (χ0n) is 9.53. The molecule has 82 valence electrons. The molecule has 1 N–H and O–H groups in total. The molecule has 0 aromatic heterocycles. The second-order valence-corrected chi connectivity index (χ2v) is 3.77. The largest absolute Gasteiger partial charge is 0.477 e. The van der Waals surface area contributed by atoms with Crippen molar-refractivity contribution in [3.05, 3.63) is 40.0 Å². The van der Waals surface area contributed by atoms with Gasteiger partial charge in [-0.1, -0.05) is 12.1 Å². The average molecular weight is 215 g/mol. The first-order valence-electron chi connectivity index (χ1n) is 4.88. The first-order chi connectivity index (χ1) is 7.45. The summed E-state index contributed by atoms with van der Waals surface area (Å²) >= 11 is 0. The number of rotatable bonds is 2. The normalized spacial score (nSPS) is 11.0. The number of nitrogens with zero attached hydrogens (tertiary/aromatic N) is 1.